The standard InChI is InChI=1S/C16H22BrNO/c17-14-3-1-2-13(10-14)16-11-18-7-4-15(16)12-5-8-19-9-6-12/h1-3,10,12,15-16,18H,4-9,11H2. The lowest BCUT2D eigenvalue weighted by atomic mass is 9.71. The highest BCUT2D eigenvalue weighted by molar-refractivity contribution is 9.10. The molecule has 2 atom stereocenters. The first-order chi connectivity index (χ1) is 9.34. The van der Waals surface area contributed by atoms with Crippen LogP contribution in [0, 0.1) is 11.8 Å². The highest BCUT2D eigenvalue weighted by Crippen LogP contribution is 2.39. The van der Waals surface area contributed by atoms with E-state index in [-0.39, 0.29) is 0 Å². The van der Waals surface area contributed by atoms with Crippen molar-refractivity contribution in [2.75, 3.05) is 26.3 Å². The van der Waals surface area contributed by atoms with E-state index in [1.165, 1.54) is 35.8 Å². The summed E-state index contributed by atoms with van der Waals surface area (Å²) in [5.74, 6) is 2.33. The molecule has 3 rings (SSSR count). The van der Waals surface area contributed by atoms with Crippen LogP contribution in [0.25, 0.3) is 0 Å². The van der Waals surface area contributed by atoms with Crippen molar-refractivity contribution in [3.63, 3.8) is 0 Å². The first-order valence-electron chi connectivity index (χ1n) is 7.38. The number of rotatable bonds is 2. The van der Waals surface area contributed by atoms with Gasteiger partial charge in [0.1, 0.15) is 0 Å². The van der Waals surface area contributed by atoms with E-state index < -0.39 is 0 Å². The predicted octanol–water partition coefficient (Wildman–Crippen LogP) is 3.57. The van der Waals surface area contributed by atoms with Gasteiger partial charge in [-0.15, -0.1) is 0 Å². The van der Waals surface area contributed by atoms with Crippen LogP contribution in [0.3, 0.4) is 0 Å². The summed E-state index contributed by atoms with van der Waals surface area (Å²) in [6.45, 7) is 4.21. The summed E-state index contributed by atoms with van der Waals surface area (Å²) in [5.41, 5.74) is 1.48. The number of piperidine rings is 1. The molecule has 2 saturated heterocycles. The Kier molecular flexibility index (Phi) is 4.57. The van der Waals surface area contributed by atoms with Gasteiger partial charge in [-0.2, -0.15) is 0 Å². The molecule has 2 heterocycles. The Balaban J connectivity index is 1.80. The number of nitrogens with one attached hydrogen (secondary N) is 1. The molecule has 2 unspecified atom stereocenters. The van der Waals surface area contributed by atoms with E-state index >= 15 is 0 Å². The number of ether oxygens (including phenoxy) is 1. The average molecular weight is 324 g/mol. The van der Waals surface area contributed by atoms with E-state index in [0.29, 0.717) is 5.92 Å². The molecular weight excluding hydrogens is 302 g/mol. The SMILES string of the molecule is Brc1cccc(C2CNCCC2C2CCOCC2)c1. The van der Waals surface area contributed by atoms with Gasteiger partial charge in [0.05, 0.1) is 0 Å². The second-order valence-corrected chi connectivity index (χ2v) is 6.68. The zero-order valence-electron chi connectivity index (χ0n) is 11.3. The van der Waals surface area contributed by atoms with Crippen molar-refractivity contribution in [3.8, 4) is 0 Å². The number of hydrogen-bond acceptors (Lipinski definition) is 2. The smallest absolute Gasteiger partial charge is 0.0468 e. The third-order valence-corrected chi connectivity index (χ3v) is 5.18. The summed E-state index contributed by atoms with van der Waals surface area (Å²) >= 11 is 3.60. The molecule has 1 aromatic rings. The van der Waals surface area contributed by atoms with E-state index in [9.17, 15) is 0 Å². The second kappa shape index (κ2) is 6.38. The Bertz CT molecular complexity index is 417. The molecule has 0 aromatic heterocycles. The highest BCUT2D eigenvalue weighted by Gasteiger charge is 2.33. The van der Waals surface area contributed by atoms with Gasteiger partial charge < -0.3 is 10.1 Å². The minimum atomic E-state index is 0.661. The van der Waals surface area contributed by atoms with Crippen LogP contribution in [0.2, 0.25) is 0 Å². The van der Waals surface area contributed by atoms with Crippen molar-refractivity contribution in [2.45, 2.75) is 25.2 Å². The van der Waals surface area contributed by atoms with Crippen LogP contribution in [0.4, 0.5) is 0 Å². The fraction of sp³-hybridized carbons (Fsp3) is 0.625. The lowest BCUT2D eigenvalue weighted by molar-refractivity contribution is 0.0356. The average Bonchev–Trinajstić information content (AvgIpc) is 2.48. The van der Waals surface area contributed by atoms with Crippen molar-refractivity contribution in [3.05, 3.63) is 34.3 Å². The van der Waals surface area contributed by atoms with Crippen molar-refractivity contribution in [2.24, 2.45) is 11.8 Å². The van der Waals surface area contributed by atoms with Gasteiger partial charge in [0.2, 0.25) is 0 Å². The van der Waals surface area contributed by atoms with Gasteiger partial charge in [0.15, 0.2) is 0 Å². The second-order valence-electron chi connectivity index (χ2n) is 5.77. The van der Waals surface area contributed by atoms with Crippen LogP contribution < -0.4 is 5.32 Å². The summed E-state index contributed by atoms with van der Waals surface area (Å²) < 4.78 is 6.72. The number of hydrogen-bond donors (Lipinski definition) is 1. The van der Waals surface area contributed by atoms with Crippen molar-refractivity contribution in [1.29, 1.82) is 0 Å². The van der Waals surface area contributed by atoms with Crippen LogP contribution in [0.5, 0.6) is 0 Å². The Morgan fingerprint density at radius 3 is 2.79 bits per heavy atom. The van der Waals surface area contributed by atoms with E-state index in [1.807, 2.05) is 0 Å². The molecule has 2 aliphatic rings. The molecule has 3 heteroatoms. The first-order valence-corrected chi connectivity index (χ1v) is 8.18. The Morgan fingerprint density at radius 1 is 1.16 bits per heavy atom. The normalized spacial score (nSPS) is 29.3. The maximum atomic E-state index is 5.53. The molecule has 1 N–H and O–H groups in total. The number of benzene rings is 1. The molecule has 1 aromatic carbocycles. The molecule has 0 bridgehead atoms. The van der Waals surface area contributed by atoms with Crippen molar-refractivity contribution < 1.29 is 4.74 Å². The molecule has 2 aliphatic heterocycles. The Labute approximate surface area is 124 Å². The fourth-order valence-electron chi connectivity index (χ4n) is 3.69. The summed E-state index contributed by atoms with van der Waals surface area (Å²) in [6, 6.07) is 8.86. The maximum Gasteiger partial charge on any atom is 0.0468 e. The van der Waals surface area contributed by atoms with Gasteiger partial charge in [-0.25, -0.2) is 0 Å². The summed E-state index contributed by atoms with van der Waals surface area (Å²) in [7, 11) is 0. The third-order valence-electron chi connectivity index (χ3n) is 4.68. The minimum absolute atomic E-state index is 0.661. The predicted molar refractivity (Wildman–Crippen MR) is 81.4 cm³/mol. The van der Waals surface area contributed by atoms with Gasteiger partial charge in [-0.1, -0.05) is 28.1 Å². The lowest BCUT2D eigenvalue weighted by Gasteiger charge is -2.39. The molecule has 2 fully saturated rings. The quantitative estimate of drug-likeness (QED) is 0.898. The van der Waals surface area contributed by atoms with Gasteiger partial charge in [-0.05, 0) is 61.3 Å². The Hall–Kier alpha value is -0.380. The first kappa shape index (κ1) is 13.6. The van der Waals surface area contributed by atoms with Crippen LogP contribution >= 0.6 is 15.9 Å². The van der Waals surface area contributed by atoms with Crippen molar-refractivity contribution in [1.82, 2.24) is 5.32 Å². The molecule has 19 heavy (non-hydrogen) atoms. The lowest BCUT2D eigenvalue weighted by Crippen LogP contribution is -2.40. The topological polar surface area (TPSA) is 21.3 Å². The monoisotopic (exact) mass is 323 g/mol. The zero-order chi connectivity index (χ0) is 13.1. The molecule has 0 amide bonds. The summed E-state index contributed by atoms with van der Waals surface area (Å²) in [4.78, 5) is 0. The molecular formula is C16H22BrNO. The zero-order valence-corrected chi connectivity index (χ0v) is 12.9. The fourth-order valence-corrected chi connectivity index (χ4v) is 4.11. The minimum Gasteiger partial charge on any atom is -0.381 e. The van der Waals surface area contributed by atoms with E-state index in [0.717, 1.165) is 31.6 Å². The molecule has 0 radical (unpaired) electrons. The van der Waals surface area contributed by atoms with Crippen LogP contribution in [-0.4, -0.2) is 26.3 Å². The summed E-state index contributed by atoms with van der Waals surface area (Å²) in [6.07, 6.45) is 3.80. The van der Waals surface area contributed by atoms with E-state index in [1.54, 1.807) is 0 Å². The molecule has 2 nitrogen and oxygen atoms in total. The van der Waals surface area contributed by atoms with Gasteiger partial charge in [0.25, 0.3) is 0 Å². The maximum absolute atomic E-state index is 5.53. The van der Waals surface area contributed by atoms with E-state index in [4.69, 9.17) is 4.74 Å². The van der Waals surface area contributed by atoms with Gasteiger partial charge in [-0.3, -0.25) is 0 Å². The molecule has 0 saturated carbocycles. The number of halogens is 1. The van der Waals surface area contributed by atoms with Gasteiger partial charge in [0, 0.05) is 24.2 Å². The summed E-state index contributed by atoms with van der Waals surface area (Å²) in [5, 5.41) is 3.58. The van der Waals surface area contributed by atoms with E-state index in [2.05, 4.69) is 45.5 Å². The van der Waals surface area contributed by atoms with Crippen LogP contribution in [0.15, 0.2) is 28.7 Å². The Morgan fingerprint density at radius 2 is 2.00 bits per heavy atom. The van der Waals surface area contributed by atoms with Gasteiger partial charge >= 0.3 is 0 Å². The molecule has 104 valence electrons. The highest BCUT2D eigenvalue weighted by atomic mass is 79.9. The molecule has 0 aliphatic carbocycles. The van der Waals surface area contributed by atoms with Crippen molar-refractivity contribution >= 4 is 15.9 Å². The third kappa shape index (κ3) is 3.21. The van der Waals surface area contributed by atoms with Crippen LogP contribution in [-0.2, 0) is 4.74 Å². The largest absolute Gasteiger partial charge is 0.381 e. The van der Waals surface area contributed by atoms with Crippen LogP contribution in [0.1, 0.15) is 30.7 Å². The molecule has 0 spiro atoms.